The number of nitrogens with two attached hydrogens (primary N) is 1. The SMILES string of the molecule is N/C(=C\NCCF)COCc1ccc(Br)cc1. The highest BCUT2D eigenvalue weighted by atomic mass is 79.9. The Balaban J connectivity index is 2.23. The summed E-state index contributed by atoms with van der Waals surface area (Å²) in [6.45, 7) is 0.692. The number of nitrogens with one attached hydrogen (secondary N) is 1. The lowest BCUT2D eigenvalue weighted by atomic mass is 10.2. The Kier molecular flexibility index (Phi) is 6.65. The second-order valence-electron chi connectivity index (χ2n) is 3.48. The first-order chi connectivity index (χ1) is 8.22. The van der Waals surface area contributed by atoms with Crippen LogP contribution in [0.3, 0.4) is 0 Å². The number of halogens is 2. The zero-order valence-electron chi connectivity index (χ0n) is 9.46. The maximum absolute atomic E-state index is 11.8. The zero-order chi connectivity index (χ0) is 12.5. The molecule has 0 unspecified atom stereocenters. The predicted octanol–water partition coefficient (Wildman–Crippen LogP) is 2.32. The molecule has 1 rings (SSSR count). The van der Waals surface area contributed by atoms with Gasteiger partial charge in [-0.05, 0) is 17.7 Å². The van der Waals surface area contributed by atoms with Gasteiger partial charge in [0.1, 0.15) is 6.67 Å². The van der Waals surface area contributed by atoms with Gasteiger partial charge in [-0.3, -0.25) is 0 Å². The summed E-state index contributed by atoms with van der Waals surface area (Å²) < 4.78 is 18.2. The third kappa shape index (κ3) is 6.28. The summed E-state index contributed by atoms with van der Waals surface area (Å²) in [6, 6.07) is 7.87. The molecule has 0 bridgehead atoms. The topological polar surface area (TPSA) is 47.3 Å². The lowest BCUT2D eigenvalue weighted by molar-refractivity contribution is 0.141. The monoisotopic (exact) mass is 302 g/mol. The Hall–Kier alpha value is -1.07. The first-order valence-electron chi connectivity index (χ1n) is 5.28. The van der Waals surface area contributed by atoms with Crippen LogP contribution in [0.4, 0.5) is 4.39 Å². The molecule has 0 aliphatic carbocycles. The van der Waals surface area contributed by atoms with Crippen molar-refractivity contribution in [2.45, 2.75) is 6.61 Å². The van der Waals surface area contributed by atoms with E-state index in [0.717, 1.165) is 10.0 Å². The Bertz CT molecular complexity index is 354. The molecule has 1 aromatic carbocycles. The van der Waals surface area contributed by atoms with Crippen molar-refractivity contribution in [2.75, 3.05) is 19.8 Å². The Morgan fingerprint density at radius 1 is 1.41 bits per heavy atom. The molecule has 0 aliphatic rings. The number of hydrogen-bond acceptors (Lipinski definition) is 3. The second-order valence-corrected chi connectivity index (χ2v) is 4.40. The van der Waals surface area contributed by atoms with Crippen LogP contribution in [0, 0.1) is 0 Å². The molecule has 0 saturated heterocycles. The van der Waals surface area contributed by atoms with Gasteiger partial charge in [0.15, 0.2) is 0 Å². The van der Waals surface area contributed by atoms with Crippen LogP contribution < -0.4 is 11.1 Å². The molecule has 0 amide bonds. The molecule has 1 aromatic rings. The highest BCUT2D eigenvalue weighted by Gasteiger charge is 1.95. The Labute approximate surface area is 109 Å². The zero-order valence-corrected chi connectivity index (χ0v) is 11.0. The van der Waals surface area contributed by atoms with E-state index in [1.54, 1.807) is 6.20 Å². The molecule has 0 spiro atoms. The van der Waals surface area contributed by atoms with Crippen LogP contribution in [0.2, 0.25) is 0 Å². The van der Waals surface area contributed by atoms with Crippen molar-refractivity contribution >= 4 is 15.9 Å². The molecule has 17 heavy (non-hydrogen) atoms. The van der Waals surface area contributed by atoms with E-state index in [4.69, 9.17) is 10.5 Å². The van der Waals surface area contributed by atoms with Crippen molar-refractivity contribution in [3.8, 4) is 0 Å². The highest BCUT2D eigenvalue weighted by Crippen LogP contribution is 2.11. The van der Waals surface area contributed by atoms with Crippen molar-refractivity contribution in [3.63, 3.8) is 0 Å². The fraction of sp³-hybridized carbons (Fsp3) is 0.333. The van der Waals surface area contributed by atoms with Gasteiger partial charge >= 0.3 is 0 Å². The summed E-state index contributed by atoms with van der Waals surface area (Å²) in [6.07, 6.45) is 1.57. The van der Waals surface area contributed by atoms with Gasteiger partial charge in [0.05, 0.1) is 18.9 Å². The molecule has 0 atom stereocenters. The lowest BCUT2D eigenvalue weighted by Crippen LogP contribution is -2.15. The summed E-state index contributed by atoms with van der Waals surface area (Å²) >= 11 is 3.36. The fourth-order valence-electron chi connectivity index (χ4n) is 1.17. The summed E-state index contributed by atoms with van der Waals surface area (Å²) in [7, 11) is 0. The summed E-state index contributed by atoms with van der Waals surface area (Å²) in [4.78, 5) is 0. The highest BCUT2D eigenvalue weighted by molar-refractivity contribution is 9.10. The molecule has 0 heterocycles. The third-order valence-corrected chi connectivity index (χ3v) is 2.51. The average molecular weight is 303 g/mol. The molecule has 0 fully saturated rings. The first-order valence-corrected chi connectivity index (χ1v) is 6.07. The smallest absolute Gasteiger partial charge is 0.107 e. The van der Waals surface area contributed by atoms with Gasteiger partial charge in [-0.25, -0.2) is 4.39 Å². The quantitative estimate of drug-likeness (QED) is 0.760. The van der Waals surface area contributed by atoms with Crippen molar-refractivity contribution in [2.24, 2.45) is 5.73 Å². The number of rotatable bonds is 7. The number of benzene rings is 1. The van der Waals surface area contributed by atoms with Gasteiger partial charge in [-0.2, -0.15) is 0 Å². The van der Waals surface area contributed by atoms with E-state index in [1.807, 2.05) is 24.3 Å². The molecule has 0 aliphatic heterocycles. The molecule has 0 radical (unpaired) electrons. The van der Waals surface area contributed by atoms with E-state index in [2.05, 4.69) is 21.2 Å². The van der Waals surface area contributed by atoms with Gasteiger partial charge in [0.2, 0.25) is 0 Å². The first kappa shape index (κ1) is 14.0. The van der Waals surface area contributed by atoms with E-state index < -0.39 is 6.67 Å². The van der Waals surface area contributed by atoms with Gasteiger partial charge in [0.25, 0.3) is 0 Å². The van der Waals surface area contributed by atoms with Crippen LogP contribution in [0.5, 0.6) is 0 Å². The van der Waals surface area contributed by atoms with Crippen molar-refractivity contribution in [1.29, 1.82) is 0 Å². The van der Waals surface area contributed by atoms with Crippen molar-refractivity contribution < 1.29 is 9.13 Å². The van der Waals surface area contributed by atoms with Crippen LogP contribution in [0.25, 0.3) is 0 Å². The largest absolute Gasteiger partial charge is 0.399 e. The number of hydrogen-bond donors (Lipinski definition) is 2. The maximum atomic E-state index is 11.8. The van der Waals surface area contributed by atoms with Crippen LogP contribution in [0.15, 0.2) is 40.6 Å². The lowest BCUT2D eigenvalue weighted by Gasteiger charge is -2.05. The average Bonchev–Trinajstić information content (AvgIpc) is 2.32. The van der Waals surface area contributed by atoms with Gasteiger partial charge in [-0.15, -0.1) is 0 Å². The van der Waals surface area contributed by atoms with Crippen LogP contribution in [-0.2, 0) is 11.3 Å². The third-order valence-electron chi connectivity index (χ3n) is 1.98. The normalized spacial score (nSPS) is 11.5. The molecule has 94 valence electrons. The maximum Gasteiger partial charge on any atom is 0.107 e. The van der Waals surface area contributed by atoms with Gasteiger partial charge in [-0.1, -0.05) is 28.1 Å². The molecule has 5 heteroatoms. The van der Waals surface area contributed by atoms with E-state index in [1.165, 1.54) is 0 Å². The fourth-order valence-corrected chi connectivity index (χ4v) is 1.43. The van der Waals surface area contributed by atoms with Crippen molar-refractivity contribution in [3.05, 3.63) is 46.2 Å². The molecular formula is C12H16BrFN2O. The minimum absolute atomic E-state index is 0.271. The molecule has 3 nitrogen and oxygen atoms in total. The van der Waals surface area contributed by atoms with Gasteiger partial charge < -0.3 is 15.8 Å². The van der Waals surface area contributed by atoms with E-state index >= 15 is 0 Å². The van der Waals surface area contributed by atoms with E-state index in [-0.39, 0.29) is 6.54 Å². The molecule has 0 saturated carbocycles. The summed E-state index contributed by atoms with van der Waals surface area (Å²) in [5.74, 6) is 0. The van der Waals surface area contributed by atoms with Crippen LogP contribution in [0.1, 0.15) is 5.56 Å². The molecule has 3 N–H and O–H groups in total. The standard InChI is InChI=1S/C12H16BrFN2O/c13-11-3-1-10(2-4-11)8-17-9-12(15)7-16-6-5-14/h1-4,7,16H,5-6,8-9,15H2/b12-7-. The van der Waals surface area contributed by atoms with Crippen LogP contribution in [-0.4, -0.2) is 19.8 Å². The molecular weight excluding hydrogens is 287 g/mol. The minimum Gasteiger partial charge on any atom is -0.399 e. The number of ether oxygens (including phenoxy) is 1. The van der Waals surface area contributed by atoms with Crippen LogP contribution >= 0.6 is 15.9 Å². The number of alkyl halides is 1. The van der Waals surface area contributed by atoms with E-state index in [0.29, 0.717) is 18.9 Å². The van der Waals surface area contributed by atoms with Crippen molar-refractivity contribution in [1.82, 2.24) is 5.32 Å². The summed E-state index contributed by atoms with van der Waals surface area (Å²) in [5, 5.41) is 2.74. The molecule has 0 aromatic heterocycles. The van der Waals surface area contributed by atoms with Gasteiger partial charge in [0, 0.05) is 17.2 Å². The Morgan fingerprint density at radius 2 is 2.12 bits per heavy atom. The summed E-state index contributed by atoms with van der Waals surface area (Å²) in [5.41, 5.74) is 7.28. The Morgan fingerprint density at radius 3 is 2.76 bits per heavy atom. The van der Waals surface area contributed by atoms with E-state index in [9.17, 15) is 4.39 Å². The predicted molar refractivity (Wildman–Crippen MR) is 70.0 cm³/mol. The minimum atomic E-state index is -0.413. The second kappa shape index (κ2) is 8.08.